The molecular weight excluding hydrogens is 352 g/mol. The third-order valence-electron chi connectivity index (χ3n) is 4.65. The molecule has 1 saturated carbocycles. The molecule has 144 valence electrons. The van der Waals surface area contributed by atoms with Crippen LogP contribution in [0, 0.1) is 11.6 Å². The summed E-state index contributed by atoms with van der Waals surface area (Å²) in [5.74, 6) is 0.781. The van der Waals surface area contributed by atoms with E-state index in [1.54, 1.807) is 21.3 Å². The smallest absolute Gasteiger partial charge is 0.191 e. The molecule has 2 atom stereocenters. The molecule has 2 aromatic rings. The van der Waals surface area contributed by atoms with Crippen molar-refractivity contribution in [3.05, 3.63) is 59.2 Å². The number of hydrogen-bond donors (Lipinski definition) is 2. The largest absolute Gasteiger partial charge is 0.497 e. The Bertz CT molecular complexity index is 822. The lowest BCUT2D eigenvalue weighted by Gasteiger charge is -2.14. The van der Waals surface area contributed by atoms with Crippen LogP contribution in [0.5, 0.6) is 11.5 Å². The maximum absolute atomic E-state index is 13.9. The molecule has 0 radical (unpaired) electrons. The molecule has 0 amide bonds. The standard InChI is InChI=1S/C20H23F2N3O2/c1-23-20(24-11-12-7-8-13(26-2)9-18(12)27-3)25-17-10-14(17)19-15(21)5-4-6-16(19)22/h4-9,14,17H,10-11H2,1-3H3,(H2,23,24,25). The van der Waals surface area contributed by atoms with Gasteiger partial charge >= 0.3 is 0 Å². The molecule has 5 nitrogen and oxygen atoms in total. The normalized spacial score (nSPS) is 18.8. The van der Waals surface area contributed by atoms with E-state index in [2.05, 4.69) is 15.6 Å². The van der Waals surface area contributed by atoms with Gasteiger partial charge in [0, 0.05) is 42.7 Å². The summed E-state index contributed by atoms with van der Waals surface area (Å²) < 4.78 is 38.4. The Hall–Kier alpha value is -2.83. The summed E-state index contributed by atoms with van der Waals surface area (Å²) in [6.45, 7) is 0.484. The summed E-state index contributed by atoms with van der Waals surface area (Å²) in [6, 6.07) is 9.47. The van der Waals surface area contributed by atoms with Crippen molar-refractivity contribution in [1.82, 2.24) is 10.6 Å². The van der Waals surface area contributed by atoms with Crippen LogP contribution in [0.1, 0.15) is 23.5 Å². The Labute approximate surface area is 157 Å². The number of guanidine groups is 1. The average Bonchev–Trinajstić information content (AvgIpc) is 3.43. The van der Waals surface area contributed by atoms with Gasteiger partial charge in [-0.15, -0.1) is 0 Å². The summed E-state index contributed by atoms with van der Waals surface area (Å²) in [5.41, 5.74) is 1.08. The second-order valence-corrected chi connectivity index (χ2v) is 6.33. The van der Waals surface area contributed by atoms with Gasteiger partial charge in [-0.25, -0.2) is 8.78 Å². The Kier molecular flexibility index (Phi) is 5.78. The highest BCUT2D eigenvalue weighted by Gasteiger charge is 2.42. The number of methoxy groups -OCH3 is 2. The van der Waals surface area contributed by atoms with Gasteiger partial charge in [-0.2, -0.15) is 0 Å². The van der Waals surface area contributed by atoms with Gasteiger partial charge in [0.1, 0.15) is 23.1 Å². The first-order valence-electron chi connectivity index (χ1n) is 8.69. The van der Waals surface area contributed by atoms with Gasteiger partial charge < -0.3 is 20.1 Å². The molecule has 3 rings (SSSR count). The molecule has 1 fully saturated rings. The number of nitrogens with zero attached hydrogens (tertiary/aromatic N) is 1. The molecule has 7 heteroatoms. The van der Waals surface area contributed by atoms with Crippen LogP contribution < -0.4 is 20.1 Å². The van der Waals surface area contributed by atoms with Crippen molar-refractivity contribution < 1.29 is 18.3 Å². The SMILES string of the molecule is CN=C(NCc1ccc(OC)cc1OC)NC1CC1c1c(F)cccc1F. The lowest BCUT2D eigenvalue weighted by molar-refractivity contribution is 0.390. The zero-order valence-electron chi connectivity index (χ0n) is 15.6. The Morgan fingerprint density at radius 1 is 1.15 bits per heavy atom. The van der Waals surface area contributed by atoms with E-state index in [1.807, 2.05) is 18.2 Å². The van der Waals surface area contributed by atoms with Gasteiger partial charge in [-0.3, -0.25) is 4.99 Å². The maximum Gasteiger partial charge on any atom is 0.191 e. The lowest BCUT2D eigenvalue weighted by atomic mass is 10.1. The molecule has 1 aliphatic rings. The van der Waals surface area contributed by atoms with Gasteiger partial charge in [0.2, 0.25) is 0 Å². The molecular formula is C20H23F2N3O2. The summed E-state index contributed by atoms with van der Waals surface area (Å²) in [4.78, 5) is 4.19. The summed E-state index contributed by atoms with van der Waals surface area (Å²) in [6.07, 6.45) is 0.657. The van der Waals surface area contributed by atoms with Crippen LogP contribution in [-0.2, 0) is 6.54 Å². The highest BCUT2D eigenvalue weighted by molar-refractivity contribution is 5.80. The molecule has 2 aromatic carbocycles. The van der Waals surface area contributed by atoms with E-state index in [-0.39, 0.29) is 17.5 Å². The topological polar surface area (TPSA) is 54.9 Å². The van der Waals surface area contributed by atoms with Crippen molar-refractivity contribution in [2.24, 2.45) is 4.99 Å². The molecule has 27 heavy (non-hydrogen) atoms. The highest BCUT2D eigenvalue weighted by atomic mass is 19.1. The van der Waals surface area contributed by atoms with Crippen LogP contribution in [-0.4, -0.2) is 33.3 Å². The fourth-order valence-corrected chi connectivity index (χ4v) is 3.09. The van der Waals surface area contributed by atoms with Gasteiger partial charge in [-0.1, -0.05) is 6.07 Å². The second-order valence-electron chi connectivity index (χ2n) is 6.33. The van der Waals surface area contributed by atoms with Gasteiger partial charge in [0.25, 0.3) is 0 Å². The first-order valence-corrected chi connectivity index (χ1v) is 8.69. The number of halogens is 2. The zero-order chi connectivity index (χ0) is 19.4. The van der Waals surface area contributed by atoms with E-state index >= 15 is 0 Å². The zero-order valence-corrected chi connectivity index (χ0v) is 15.6. The molecule has 0 aromatic heterocycles. The quantitative estimate of drug-likeness (QED) is 0.601. The number of benzene rings is 2. The molecule has 2 N–H and O–H groups in total. The van der Waals surface area contributed by atoms with Crippen molar-refractivity contribution in [2.75, 3.05) is 21.3 Å². The van der Waals surface area contributed by atoms with E-state index in [0.717, 1.165) is 5.56 Å². The van der Waals surface area contributed by atoms with Crippen LogP contribution in [0.2, 0.25) is 0 Å². The van der Waals surface area contributed by atoms with Gasteiger partial charge in [0.05, 0.1) is 14.2 Å². The fourth-order valence-electron chi connectivity index (χ4n) is 3.09. The molecule has 2 unspecified atom stereocenters. The summed E-state index contributed by atoms with van der Waals surface area (Å²) >= 11 is 0. The molecule has 1 aliphatic carbocycles. The minimum absolute atomic E-state index is 0.0552. The Morgan fingerprint density at radius 2 is 1.89 bits per heavy atom. The Morgan fingerprint density at radius 3 is 2.52 bits per heavy atom. The number of rotatable bonds is 6. The van der Waals surface area contributed by atoms with Crippen molar-refractivity contribution in [1.29, 1.82) is 0 Å². The number of nitrogens with one attached hydrogen (secondary N) is 2. The number of hydrogen-bond acceptors (Lipinski definition) is 3. The molecule has 0 saturated heterocycles. The highest BCUT2D eigenvalue weighted by Crippen LogP contribution is 2.43. The first-order chi connectivity index (χ1) is 13.1. The molecule has 0 aliphatic heterocycles. The van der Waals surface area contributed by atoms with E-state index in [1.165, 1.54) is 18.2 Å². The van der Waals surface area contributed by atoms with Crippen molar-refractivity contribution in [2.45, 2.75) is 24.9 Å². The predicted octanol–water partition coefficient (Wildman–Crippen LogP) is 3.20. The van der Waals surface area contributed by atoms with Crippen molar-refractivity contribution in [3.8, 4) is 11.5 Å². The molecule has 0 heterocycles. The molecule has 0 spiro atoms. The second kappa shape index (κ2) is 8.24. The monoisotopic (exact) mass is 375 g/mol. The number of aliphatic imine (C=N–C) groups is 1. The van der Waals surface area contributed by atoms with E-state index in [4.69, 9.17) is 9.47 Å². The van der Waals surface area contributed by atoms with Crippen molar-refractivity contribution >= 4 is 5.96 Å². The van der Waals surface area contributed by atoms with Crippen LogP contribution in [0.25, 0.3) is 0 Å². The van der Waals surface area contributed by atoms with Crippen LogP contribution in [0.3, 0.4) is 0 Å². The number of ether oxygens (including phenoxy) is 2. The fraction of sp³-hybridized carbons (Fsp3) is 0.350. The summed E-state index contributed by atoms with van der Waals surface area (Å²) in [7, 11) is 4.85. The van der Waals surface area contributed by atoms with Crippen LogP contribution in [0.4, 0.5) is 8.78 Å². The third kappa shape index (κ3) is 4.30. The van der Waals surface area contributed by atoms with Crippen LogP contribution in [0.15, 0.2) is 41.4 Å². The van der Waals surface area contributed by atoms with Crippen LogP contribution >= 0.6 is 0 Å². The van der Waals surface area contributed by atoms with Crippen molar-refractivity contribution in [3.63, 3.8) is 0 Å². The average molecular weight is 375 g/mol. The molecule has 0 bridgehead atoms. The van der Waals surface area contributed by atoms with E-state index in [9.17, 15) is 8.78 Å². The third-order valence-corrected chi connectivity index (χ3v) is 4.65. The van der Waals surface area contributed by atoms with Gasteiger partial charge in [0.15, 0.2) is 5.96 Å². The minimum Gasteiger partial charge on any atom is -0.497 e. The van der Waals surface area contributed by atoms with Gasteiger partial charge in [-0.05, 0) is 30.7 Å². The van der Waals surface area contributed by atoms with E-state index in [0.29, 0.717) is 30.4 Å². The lowest BCUT2D eigenvalue weighted by Crippen LogP contribution is -2.38. The summed E-state index contributed by atoms with van der Waals surface area (Å²) in [5, 5.41) is 6.42. The Balaban J connectivity index is 1.60. The minimum atomic E-state index is -0.504. The predicted molar refractivity (Wildman–Crippen MR) is 100 cm³/mol. The maximum atomic E-state index is 13.9. The first kappa shape index (κ1) is 18.9. The van der Waals surface area contributed by atoms with E-state index < -0.39 is 11.6 Å².